The number of piperidine rings is 1. The predicted molar refractivity (Wildman–Crippen MR) is 73.5 cm³/mol. The maximum Gasteiger partial charge on any atom is 0.257 e. The smallest absolute Gasteiger partial charge is 0.257 e. The normalized spacial score (nSPS) is 19.9. The van der Waals surface area contributed by atoms with Crippen LogP contribution in [0.2, 0.25) is 0 Å². The van der Waals surface area contributed by atoms with Crippen LogP contribution < -0.4 is 0 Å². The van der Waals surface area contributed by atoms with Gasteiger partial charge in [-0.3, -0.25) is 4.79 Å². The second-order valence-electron chi connectivity index (χ2n) is 4.43. The van der Waals surface area contributed by atoms with Gasteiger partial charge < -0.3 is 4.90 Å². The number of rotatable bonds is 2. The molecule has 98 valence electrons. The molecule has 18 heavy (non-hydrogen) atoms. The van der Waals surface area contributed by atoms with E-state index < -0.39 is 5.82 Å². The fourth-order valence-corrected chi connectivity index (χ4v) is 2.90. The minimum Gasteiger partial charge on any atom is -0.334 e. The van der Waals surface area contributed by atoms with Crippen molar-refractivity contribution >= 4 is 33.4 Å². The predicted octanol–water partition coefficient (Wildman–Crippen LogP) is 3.82. The Bertz CT molecular complexity index is 455. The number of hydrogen-bond donors (Lipinski definition) is 0. The molecule has 2 rings (SSSR count). The number of carbonyl (C=O) groups excluding carboxylic acids is 1. The first-order chi connectivity index (χ1) is 8.63. The minimum absolute atomic E-state index is 0.0240. The third kappa shape index (κ3) is 2.86. The first-order valence-corrected chi connectivity index (χ1v) is 7.28. The maximum atomic E-state index is 13.8. The summed E-state index contributed by atoms with van der Waals surface area (Å²) in [5.74, 6) is -0.345. The van der Waals surface area contributed by atoms with E-state index in [1.54, 1.807) is 11.0 Å². The van der Waals surface area contributed by atoms with E-state index in [-0.39, 0.29) is 17.5 Å². The van der Waals surface area contributed by atoms with Gasteiger partial charge in [-0.2, -0.15) is 0 Å². The van der Waals surface area contributed by atoms with Gasteiger partial charge in [0, 0.05) is 22.9 Å². The number of alkyl halides is 1. The van der Waals surface area contributed by atoms with Crippen molar-refractivity contribution in [1.29, 1.82) is 0 Å². The Kier molecular flexibility index (Phi) is 4.62. The minimum atomic E-state index is -0.492. The van der Waals surface area contributed by atoms with Crippen molar-refractivity contribution in [2.45, 2.75) is 25.3 Å². The second-order valence-corrected chi connectivity index (χ2v) is 5.65. The molecule has 0 spiro atoms. The Morgan fingerprint density at radius 1 is 1.50 bits per heavy atom. The number of halogens is 3. The molecule has 1 saturated heterocycles. The highest BCUT2D eigenvalue weighted by Crippen LogP contribution is 2.23. The highest BCUT2D eigenvalue weighted by molar-refractivity contribution is 9.10. The van der Waals surface area contributed by atoms with E-state index in [1.165, 1.54) is 12.1 Å². The third-order valence-electron chi connectivity index (χ3n) is 3.23. The van der Waals surface area contributed by atoms with Gasteiger partial charge in [-0.05, 0) is 37.5 Å². The SMILES string of the molecule is O=C(c1ccc(Br)cc1F)N1CCCCC1CCl. The van der Waals surface area contributed by atoms with Gasteiger partial charge in [0.05, 0.1) is 5.56 Å². The lowest BCUT2D eigenvalue weighted by molar-refractivity contribution is 0.0634. The van der Waals surface area contributed by atoms with E-state index in [2.05, 4.69) is 15.9 Å². The topological polar surface area (TPSA) is 20.3 Å². The van der Waals surface area contributed by atoms with Crippen LogP contribution in [0.15, 0.2) is 22.7 Å². The average molecular weight is 335 g/mol. The molecule has 1 aromatic rings. The number of nitrogens with zero attached hydrogens (tertiary/aromatic N) is 1. The second kappa shape index (κ2) is 6.02. The van der Waals surface area contributed by atoms with Crippen LogP contribution in [0.5, 0.6) is 0 Å². The molecule has 1 amide bonds. The molecule has 5 heteroatoms. The third-order valence-corrected chi connectivity index (χ3v) is 4.08. The molecule has 1 aliphatic heterocycles. The van der Waals surface area contributed by atoms with Gasteiger partial charge in [-0.25, -0.2) is 4.39 Å². The average Bonchev–Trinajstić information content (AvgIpc) is 2.38. The maximum absolute atomic E-state index is 13.8. The molecule has 1 fully saturated rings. The zero-order valence-electron chi connectivity index (χ0n) is 9.83. The van der Waals surface area contributed by atoms with Crippen molar-refractivity contribution in [3.8, 4) is 0 Å². The van der Waals surface area contributed by atoms with Gasteiger partial charge in [-0.1, -0.05) is 15.9 Å². The van der Waals surface area contributed by atoms with E-state index in [1.807, 2.05) is 0 Å². The van der Waals surface area contributed by atoms with Crippen LogP contribution in [0.3, 0.4) is 0 Å². The van der Waals surface area contributed by atoms with Crippen LogP contribution in [0.4, 0.5) is 4.39 Å². The van der Waals surface area contributed by atoms with Crippen LogP contribution in [0, 0.1) is 5.82 Å². The number of amides is 1. The molecule has 0 aromatic heterocycles. The van der Waals surface area contributed by atoms with Gasteiger partial charge in [0.2, 0.25) is 0 Å². The summed E-state index contributed by atoms with van der Waals surface area (Å²) in [5, 5.41) is 0. The van der Waals surface area contributed by atoms with Crippen LogP contribution in [0.1, 0.15) is 29.6 Å². The molecular weight excluding hydrogens is 321 g/mol. The van der Waals surface area contributed by atoms with Gasteiger partial charge >= 0.3 is 0 Å². The molecule has 1 aliphatic rings. The number of benzene rings is 1. The van der Waals surface area contributed by atoms with Crippen molar-refractivity contribution in [2.75, 3.05) is 12.4 Å². The van der Waals surface area contributed by atoms with Gasteiger partial charge in [0.1, 0.15) is 5.82 Å². The van der Waals surface area contributed by atoms with Crippen molar-refractivity contribution in [3.05, 3.63) is 34.1 Å². The van der Waals surface area contributed by atoms with E-state index in [9.17, 15) is 9.18 Å². The van der Waals surface area contributed by atoms with E-state index >= 15 is 0 Å². The molecule has 1 aromatic carbocycles. The summed E-state index contributed by atoms with van der Waals surface area (Å²) in [5.41, 5.74) is 0.121. The first-order valence-electron chi connectivity index (χ1n) is 5.95. The Hall–Kier alpha value is -0.610. The van der Waals surface area contributed by atoms with Gasteiger partial charge in [0.15, 0.2) is 0 Å². The summed E-state index contributed by atoms with van der Waals surface area (Å²) < 4.78 is 14.4. The Morgan fingerprint density at radius 3 is 2.94 bits per heavy atom. The monoisotopic (exact) mass is 333 g/mol. The zero-order valence-corrected chi connectivity index (χ0v) is 12.2. The van der Waals surface area contributed by atoms with E-state index in [0.29, 0.717) is 16.9 Å². The summed E-state index contributed by atoms with van der Waals surface area (Å²) in [7, 11) is 0. The zero-order chi connectivity index (χ0) is 13.1. The van der Waals surface area contributed by atoms with Gasteiger partial charge in [-0.15, -0.1) is 11.6 Å². The van der Waals surface area contributed by atoms with Crippen molar-refractivity contribution in [1.82, 2.24) is 4.90 Å². The van der Waals surface area contributed by atoms with Gasteiger partial charge in [0.25, 0.3) is 5.91 Å². The summed E-state index contributed by atoms with van der Waals surface area (Å²) >= 11 is 9.06. The Balaban J connectivity index is 2.24. The van der Waals surface area contributed by atoms with Crippen LogP contribution >= 0.6 is 27.5 Å². The first kappa shape index (κ1) is 13.8. The highest BCUT2D eigenvalue weighted by Gasteiger charge is 2.28. The summed E-state index contributed by atoms with van der Waals surface area (Å²) in [6.45, 7) is 0.658. The number of likely N-dealkylation sites (tertiary alicyclic amines) is 1. The molecule has 1 heterocycles. The Labute approximate surface area is 119 Å². The standard InChI is InChI=1S/C13H14BrClFNO/c14-9-4-5-11(12(16)7-9)13(18)17-6-2-1-3-10(17)8-15/h4-5,7,10H,1-3,6,8H2. The number of hydrogen-bond acceptors (Lipinski definition) is 1. The summed E-state index contributed by atoms with van der Waals surface area (Å²) in [6.07, 6.45) is 2.93. The fraction of sp³-hybridized carbons (Fsp3) is 0.462. The molecule has 1 atom stereocenters. The lowest BCUT2D eigenvalue weighted by atomic mass is 10.0. The molecule has 1 unspecified atom stereocenters. The fourth-order valence-electron chi connectivity index (χ4n) is 2.25. The molecule has 0 saturated carbocycles. The van der Waals surface area contributed by atoms with Crippen LogP contribution in [-0.4, -0.2) is 29.3 Å². The largest absolute Gasteiger partial charge is 0.334 e. The summed E-state index contributed by atoms with van der Waals surface area (Å²) in [6, 6.07) is 4.53. The molecule has 0 radical (unpaired) electrons. The molecule has 2 nitrogen and oxygen atoms in total. The molecule has 0 N–H and O–H groups in total. The van der Waals surface area contributed by atoms with Crippen molar-refractivity contribution in [2.24, 2.45) is 0 Å². The molecule has 0 bridgehead atoms. The summed E-state index contributed by atoms with van der Waals surface area (Å²) in [4.78, 5) is 14.0. The van der Waals surface area contributed by atoms with E-state index in [4.69, 9.17) is 11.6 Å². The molecular formula is C13H14BrClFNO. The molecule has 0 aliphatic carbocycles. The number of carbonyl (C=O) groups is 1. The quantitative estimate of drug-likeness (QED) is 0.753. The van der Waals surface area contributed by atoms with E-state index in [0.717, 1.165) is 19.3 Å². The lowest BCUT2D eigenvalue weighted by Crippen LogP contribution is -2.45. The van der Waals surface area contributed by atoms with Crippen LogP contribution in [-0.2, 0) is 0 Å². The van der Waals surface area contributed by atoms with Crippen LogP contribution in [0.25, 0.3) is 0 Å². The van der Waals surface area contributed by atoms with Crippen molar-refractivity contribution < 1.29 is 9.18 Å². The van der Waals surface area contributed by atoms with Crippen molar-refractivity contribution in [3.63, 3.8) is 0 Å². The lowest BCUT2D eigenvalue weighted by Gasteiger charge is -2.34. The highest BCUT2D eigenvalue weighted by atomic mass is 79.9. The Morgan fingerprint density at radius 2 is 2.28 bits per heavy atom.